The minimum Gasteiger partial charge on any atom is -0.489 e. The number of hydrogen-bond acceptors (Lipinski definition) is 1. The number of rotatable bonds is 6. The first-order valence-corrected chi connectivity index (χ1v) is 12.5. The van der Waals surface area contributed by atoms with E-state index in [1.807, 2.05) is 6.08 Å². The Bertz CT molecular complexity index is 786. The molecule has 0 aliphatic heterocycles. The van der Waals surface area contributed by atoms with Gasteiger partial charge in [0.1, 0.15) is 12.4 Å². The van der Waals surface area contributed by atoms with Crippen molar-refractivity contribution in [2.45, 2.75) is 78.8 Å². The van der Waals surface area contributed by atoms with Crippen LogP contribution in [0.15, 0.2) is 42.0 Å². The van der Waals surface area contributed by atoms with E-state index >= 15 is 0 Å². The summed E-state index contributed by atoms with van der Waals surface area (Å²) in [5.74, 6) is 1.08. The number of ether oxygens (including phenoxy) is 1. The normalized spacial score (nSPS) is 15.0. The van der Waals surface area contributed by atoms with Gasteiger partial charge in [0.2, 0.25) is 0 Å². The zero-order valence-electron chi connectivity index (χ0n) is 18.8. The predicted octanol–water partition coefficient (Wildman–Crippen LogP) is 6.37. The number of benzene rings is 1. The van der Waals surface area contributed by atoms with E-state index in [1.54, 1.807) is 0 Å². The fourth-order valence-corrected chi connectivity index (χ4v) is 5.91. The Morgan fingerprint density at radius 1 is 1.15 bits per heavy atom. The molecule has 0 amide bonds. The molecule has 0 atom stereocenters. The van der Waals surface area contributed by atoms with Gasteiger partial charge in [0.25, 0.3) is 0 Å². The van der Waals surface area contributed by atoms with E-state index in [-0.39, 0.29) is 10.8 Å². The summed E-state index contributed by atoms with van der Waals surface area (Å²) in [4.78, 5) is 0. The summed E-state index contributed by atoms with van der Waals surface area (Å²) in [5.41, 5.74) is 6.90. The van der Waals surface area contributed by atoms with Gasteiger partial charge in [-0.15, -0.1) is 0 Å². The number of aryl methyl sites for hydroxylation is 1. The van der Waals surface area contributed by atoms with Gasteiger partial charge in [0.05, 0.1) is 8.80 Å². The Balaban J connectivity index is 2.89. The molecule has 0 spiro atoms. The summed E-state index contributed by atoms with van der Waals surface area (Å²) in [6, 6.07) is 2.37. The van der Waals surface area contributed by atoms with Gasteiger partial charge in [0.15, 0.2) is 0 Å². The quantitative estimate of drug-likeness (QED) is 0.411. The van der Waals surface area contributed by atoms with Gasteiger partial charge in [0, 0.05) is 16.5 Å². The van der Waals surface area contributed by atoms with Crippen molar-refractivity contribution in [2.75, 3.05) is 6.61 Å². The summed E-state index contributed by atoms with van der Waals surface area (Å²) in [6.45, 7) is 25.3. The van der Waals surface area contributed by atoms with Crippen LogP contribution in [0.3, 0.4) is 0 Å². The van der Waals surface area contributed by atoms with Crippen molar-refractivity contribution < 1.29 is 4.74 Å². The second kappa shape index (κ2) is 7.83. The van der Waals surface area contributed by atoms with E-state index in [0.717, 1.165) is 12.2 Å². The van der Waals surface area contributed by atoms with Crippen LogP contribution in [0.1, 0.15) is 64.7 Å². The molecule has 147 valence electrons. The second-order valence-electron chi connectivity index (χ2n) is 9.65. The highest BCUT2D eigenvalue weighted by Crippen LogP contribution is 2.44. The first-order valence-electron chi connectivity index (χ1n) is 10.0. The largest absolute Gasteiger partial charge is 0.489 e. The lowest BCUT2D eigenvalue weighted by atomic mass is 9.73. The van der Waals surface area contributed by atoms with E-state index in [4.69, 9.17) is 4.74 Å². The third-order valence-electron chi connectivity index (χ3n) is 5.52. The Morgan fingerprint density at radius 3 is 2.22 bits per heavy atom. The maximum absolute atomic E-state index is 6.41. The van der Waals surface area contributed by atoms with E-state index in [1.165, 1.54) is 33.0 Å². The Hall–Kier alpha value is -1.54. The summed E-state index contributed by atoms with van der Waals surface area (Å²) in [5, 5.41) is 1.52. The van der Waals surface area contributed by atoms with Gasteiger partial charge in [-0.3, -0.25) is 0 Å². The van der Waals surface area contributed by atoms with Gasteiger partial charge in [-0.05, 0) is 31.3 Å². The second-order valence-corrected chi connectivity index (χ2v) is 12.1. The zero-order valence-corrected chi connectivity index (χ0v) is 19.8. The molecule has 27 heavy (non-hydrogen) atoms. The first-order chi connectivity index (χ1) is 12.4. The standard InChI is InChI=1S/C25H37OSi/c1-11-14-26-22-20(24(4,5)6)16-18(3)23(27(9)10)21(22)25(7,8)19-13-12-17(2)15-19/h11,13,15-16H,1,12,14H2,2-10H3. The van der Waals surface area contributed by atoms with Crippen LogP contribution >= 0.6 is 0 Å². The maximum Gasteiger partial charge on any atom is 0.127 e. The molecular formula is C25H37OSi. The molecule has 0 N–H and O–H groups in total. The Morgan fingerprint density at radius 2 is 1.78 bits per heavy atom. The molecular weight excluding hydrogens is 344 g/mol. The SMILES string of the molecule is C=CCOc1c(C(C)(C)C)cc(C)c([Si](C)C)c1C(C)(C)C1=CCC(C)=C1. The molecule has 0 heterocycles. The van der Waals surface area contributed by atoms with Crippen LogP contribution in [0.5, 0.6) is 5.75 Å². The molecule has 0 saturated heterocycles. The maximum atomic E-state index is 6.41. The number of hydrogen-bond donors (Lipinski definition) is 0. The van der Waals surface area contributed by atoms with E-state index in [9.17, 15) is 0 Å². The molecule has 0 aromatic heterocycles. The molecule has 0 fully saturated rings. The molecule has 2 heteroatoms. The zero-order chi connectivity index (χ0) is 20.6. The van der Waals surface area contributed by atoms with Gasteiger partial charge < -0.3 is 4.74 Å². The van der Waals surface area contributed by atoms with Crippen LogP contribution < -0.4 is 9.92 Å². The monoisotopic (exact) mass is 381 g/mol. The van der Waals surface area contributed by atoms with Crippen LogP contribution in [-0.2, 0) is 10.8 Å². The Kier molecular flexibility index (Phi) is 6.31. The van der Waals surface area contributed by atoms with Crippen molar-refractivity contribution in [3.63, 3.8) is 0 Å². The third-order valence-corrected chi connectivity index (χ3v) is 7.17. The topological polar surface area (TPSA) is 9.23 Å². The average molecular weight is 382 g/mol. The highest BCUT2D eigenvalue weighted by atomic mass is 28.3. The molecule has 0 bridgehead atoms. The lowest BCUT2D eigenvalue weighted by Gasteiger charge is -2.36. The van der Waals surface area contributed by atoms with Gasteiger partial charge in [-0.1, -0.05) is 94.9 Å². The van der Waals surface area contributed by atoms with Crippen LogP contribution in [0, 0.1) is 6.92 Å². The highest BCUT2D eigenvalue weighted by Gasteiger charge is 2.36. The minimum absolute atomic E-state index is 0.0226. The lowest BCUT2D eigenvalue weighted by molar-refractivity contribution is 0.341. The van der Waals surface area contributed by atoms with Crippen molar-refractivity contribution >= 4 is 14.0 Å². The molecule has 1 radical (unpaired) electrons. The lowest BCUT2D eigenvalue weighted by Crippen LogP contribution is -2.38. The first kappa shape index (κ1) is 21.8. The molecule has 1 aliphatic rings. The van der Waals surface area contributed by atoms with Crippen molar-refractivity contribution in [3.05, 3.63) is 58.7 Å². The summed E-state index contributed by atoms with van der Waals surface area (Å²) in [7, 11) is -0.658. The van der Waals surface area contributed by atoms with E-state index in [0.29, 0.717) is 6.61 Å². The Labute approximate surface area is 168 Å². The summed E-state index contributed by atoms with van der Waals surface area (Å²) >= 11 is 0. The van der Waals surface area contributed by atoms with E-state index in [2.05, 4.69) is 86.4 Å². The van der Waals surface area contributed by atoms with Crippen molar-refractivity contribution in [3.8, 4) is 5.75 Å². The molecule has 1 aliphatic carbocycles. The van der Waals surface area contributed by atoms with Crippen LogP contribution in [0.25, 0.3) is 0 Å². The molecule has 1 aromatic carbocycles. The molecule has 0 saturated carbocycles. The number of allylic oxidation sites excluding steroid dienone is 4. The molecule has 1 nitrogen and oxygen atoms in total. The van der Waals surface area contributed by atoms with Crippen molar-refractivity contribution in [1.82, 2.24) is 0 Å². The predicted molar refractivity (Wildman–Crippen MR) is 122 cm³/mol. The molecule has 2 rings (SSSR count). The van der Waals surface area contributed by atoms with Crippen LogP contribution in [-0.4, -0.2) is 15.4 Å². The average Bonchev–Trinajstić information content (AvgIpc) is 2.98. The molecule has 1 aromatic rings. The third kappa shape index (κ3) is 4.32. The van der Waals surface area contributed by atoms with Gasteiger partial charge in [-0.25, -0.2) is 0 Å². The summed E-state index contributed by atoms with van der Waals surface area (Å²) < 4.78 is 6.41. The van der Waals surface area contributed by atoms with Gasteiger partial charge >= 0.3 is 0 Å². The van der Waals surface area contributed by atoms with Crippen molar-refractivity contribution in [1.29, 1.82) is 0 Å². The minimum atomic E-state index is -0.658. The van der Waals surface area contributed by atoms with Crippen LogP contribution in [0.2, 0.25) is 13.1 Å². The fourth-order valence-electron chi connectivity index (χ4n) is 4.12. The fraction of sp³-hybridized carbons (Fsp3) is 0.520. The van der Waals surface area contributed by atoms with E-state index < -0.39 is 8.80 Å². The van der Waals surface area contributed by atoms with Crippen LogP contribution in [0.4, 0.5) is 0 Å². The smallest absolute Gasteiger partial charge is 0.127 e. The van der Waals surface area contributed by atoms with Gasteiger partial charge in [-0.2, -0.15) is 0 Å². The van der Waals surface area contributed by atoms with Crippen molar-refractivity contribution in [2.24, 2.45) is 0 Å². The molecule has 0 unspecified atom stereocenters. The summed E-state index contributed by atoms with van der Waals surface area (Å²) in [6.07, 6.45) is 7.68. The highest BCUT2D eigenvalue weighted by molar-refractivity contribution is 6.71.